The SMILES string of the molecule is C#CCOc1c(Br)cc(/C=C2\SC(=S)N(Cc3ccc(C)cc3)C2=O)cc1OC. The van der Waals surface area contributed by atoms with Crippen molar-refractivity contribution in [3.63, 3.8) is 0 Å². The number of halogens is 1. The molecule has 0 unspecified atom stereocenters. The van der Waals surface area contributed by atoms with Gasteiger partial charge in [0.25, 0.3) is 5.91 Å². The van der Waals surface area contributed by atoms with Gasteiger partial charge >= 0.3 is 0 Å². The van der Waals surface area contributed by atoms with Gasteiger partial charge < -0.3 is 9.47 Å². The zero-order valence-electron chi connectivity index (χ0n) is 15.9. The van der Waals surface area contributed by atoms with Gasteiger partial charge in [0.2, 0.25) is 0 Å². The maximum absolute atomic E-state index is 12.9. The number of nitrogens with zero attached hydrogens (tertiary/aromatic N) is 1. The number of benzene rings is 2. The number of hydrogen-bond donors (Lipinski definition) is 0. The van der Waals surface area contributed by atoms with Gasteiger partial charge in [-0.15, -0.1) is 6.42 Å². The van der Waals surface area contributed by atoms with Crippen molar-refractivity contribution in [2.24, 2.45) is 0 Å². The summed E-state index contributed by atoms with van der Waals surface area (Å²) in [6, 6.07) is 11.7. The highest BCUT2D eigenvalue weighted by atomic mass is 79.9. The lowest BCUT2D eigenvalue weighted by atomic mass is 10.1. The molecule has 29 heavy (non-hydrogen) atoms. The molecule has 7 heteroatoms. The molecule has 0 aliphatic carbocycles. The van der Waals surface area contributed by atoms with E-state index in [1.807, 2.05) is 37.3 Å². The Morgan fingerprint density at radius 3 is 2.69 bits per heavy atom. The number of rotatable bonds is 6. The molecular formula is C22H18BrNO3S2. The number of carbonyl (C=O) groups is 1. The zero-order valence-corrected chi connectivity index (χ0v) is 19.1. The van der Waals surface area contributed by atoms with Crippen LogP contribution in [0.3, 0.4) is 0 Å². The minimum Gasteiger partial charge on any atom is -0.493 e. The number of aryl methyl sites for hydroxylation is 1. The number of terminal acetylenes is 1. The van der Waals surface area contributed by atoms with Crippen LogP contribution in [0.2, 0.25) is 0 Å². The molecule has 0 radical (unpaired) electrons. The van der Waals surface area contributed by atoms with Crippen molar-refractivity contribution in [1.29, 1.82) is 0 Å². The van der Waals surface area contributed by atoms with E-state index in [1.54, 1.807) is 24.2 Å². The highest BCUT2D eigenvalue weighted by molar-refractivity contribution is 9.10. The number of hydrogen-bond acceptors (Lipinski definition) is 5. The van der Waals surface area contributed by atoms with Crippen LogP contribution in [-0.4, -0.2) is 28.8 Å². The Labute approximate surface area is 188 Å². The molecule has 0 bridgehead atoms. The number of methoxy groups -OCH3 is 1. The van der Waals surface area contributed by atoms with Crippen molar-refractivity contribution in [3.8, 4) is 23.8 Å². The predicted molar refractivity (Wildman–Crippen MR) is 125 cm³/mol. The van der Waals surface area contributed by atoms with Crippen LogP contribution in [-0.2, 0) is 11.3 Å². The van der Waals surface area contributed by atoms with Crippen molar-refractivity contribution < 1.29 is 14.3 Å². The lowest BCUT2D eigenvalue weighted by molar-refractivity contribution is -0.122. The van der Waals surface area contributed by atoms with Gasteiger partial charge in [0.05, 0.1) is 23.0 Å². The number of carbonyl (C=O) groups excluding carboxylic acids is 1. The van der Waals surface area contributed by atoms with Crippen molar-refractivity contribution >= 4 is 56.2 Å². The minimum absolute atomic E-state index is 0.108. The molecule has 2 aromatic carbocycles. The Balaban J connectivity index is 1.84. The van der Waals surface area contributed by atoms with Crippen molar-refractivity contribution in [3.05, 3.63) is 62.5 Å². The molecule has 148 valence electrons. The molecule has 4 nitrogen and oxygen atoms in total. The van der Waals surface area contributed by atoms with E-state index in [1.165, 1.54) is 17.3 Å². The second-order valence-electron chi connectivity index (χ2n) is 6.28. The molecule has 1 fully saturated rings. The molecule has 0 saturated carbocycles. The molecule has 0 aromatic heterocycles. The quantitative estimate of drug-likeness (QED) is 0.318. The first-order valence-electron chi connectivity index (χ1n) is 8.67. The first-order valence-corrected chi connectivity index (χ1v) is 10.7. The maximum atomic E-state index is 12.9. The predicted octanol–water partition coefficient (Wildman–Crippen LogP) is 5.18. The van der Waals surface area contributed by atoms with Crippen LogP contribution in [0.4, 0.5) is 0 Å². The molecule has 1 saturated heterocycles. The fourth-order valence-corrected chi connectivity index (χ4v) is 4.57. The van der Waals surface area contributed by atoms with Gasteiger partial charge in [-0.1, -0.05) is 59.7 Å². The Morgan fingerprint density at radius 1 is 1.31 bits per heavy atom. The standard InChI is InChI=1S/C22H18BrNO3S2/c1-4-9-27-20-17(23)10-16(11-18(20)26-3)12-19-21(25)24(22(28)29-19)13-15-7-5-14(2)6-8-15/h1,5-8,10-12H,9,13H2,2-3H3/b19-12-. The molecule has 0 spiro atoms. The van der Waals surface area contributed by atoms with Crippen LogP contribution in [0.1, 0.15) is 16.7 Å². The molecule has 0 atom stereocenters. The molecule has 3 rings (SSSR count). The van der Waals surface area contributed by atoms with Crippen LogP contribution in [0.15, 0.2) is 45.8 Å². The molecule has 1 aliphatic rings. The maximum Gasteiger partial charge on any atom is 0.266 e. The summed E-state index contributed by atoms with van der Waals surface area (Å²) >= 11 is 10.2. The van der Waals surface area contributed by atoms with Crippen molar-refractivity contribution in [2.75, 3.05) is 13.7 Å². The van der Waals surface area contributed by atoms with E-state index in [9.17, 15) is 4.79 Å². The summed E-state index contributed by atoms with van der Waals surface area (Å²) in [4.78, 5) is 15.1. The van der Waals surface area contributed by atoms with E-state index in [-0.39, 0.29) is 12.5 Å². The Kier molecular flexibility index (Phi) is 7.01. The number of amides is 1. The number of thioether (sulfide) groups is 1. The molecule has 1 heterocycles. The van der Waals surface area contributed by atoms with Crippen molar-refractivity contribution in [2.45, 2.75) is 13.5 Å². The van der Waals surface area contributed by atoms with Gasteiger partial charge in [-0.2, -0.15) is 0 Å². The summed E-state index contributed by atoms with van der Waals surface area (Å²) in [6.07, 6.45) is 7.06. The van der Waals surface area contributed by atoms with Crippen molar-refractivity contribution in [1.82, 2.24) is 4.90 Å². The normalized spacial score (nSPS) is 15.0. The fraction of sp³-hybridized carbons (Fsp3) is 0.182. The molecule has 1 aliphatic heterocycles. The second-order valence-corrected chi connectivity index (χ2v) is 8.81. The first-order chi connectivity index (χ1) is 13.9. The Hall–Kier alpha value is -2.27. The topological polar surface area (TPSA) is 38.8 Å². The fourth-order valence-electron chi connectivity index (χ4n) is 2.74. The third-order valence-electron chi connectivity index (χ3n) is 4.18. The zero-order chi connectivity index (χ0) is 21.0. The number of ether oxygens (including phenoxy) is 2. The summed E-state index contributed by atoms with van der Waals surface area (Å²) in [5.41, 5.74) is 3.00. The average Bonchev–Trinajstić information content (AvgIpc) is 2.95. The molecule has 0 N–H and O–H groups in total. The van der Waals surface area contributed by atoms with Gasteiger partial charge in [-0.25, -0.2) is 0 Å². The van der Waals surface area contributed by atoms with Gasteiger partial charge in [0, 0.05) is 0 Å². The van der Waals surface area contributed by atoms with E-state index in [2.05, 4.69) is 21.9 Å². The highest BCUT2D eigenvalue weighted by Gasteiger charge is 2.32. The summed E-state index contributed by atoms with van der Waals surface area (Å²) in [5, 5.41) is 0. The van der Waals surface area contributed by atoms with Gasteiger partial charge in [0.15, 0.2) is 11.5 Å². The van der Waals surface area contributed by atoms with E-state index >= 15 is 0 Å². The van der Waals surface area contributed by atoms with E-state index < -0.39 is 0 Å². The average molecular weight is 488 g/mol. The second kappa shape index (κ2) is 9.49. The van der Waals surface area contributed by atoms with Crippen LogP contribution in [0, 0.1) is 19.3 Å². The summed E-state index contributed by atoms with van der Waals surface area (Å²) in [5.74, 6) is 3.37. The third-order valence-corrected chi connectivity index (χ3v) is 6.15. The first kappa shape index (κ1) is 21.4. The number of thiocarbonyl (C=S) groups is 1. The van der Waals surface area contributed by atoms with Gasteiger partial charge in [0.1, 0.15) is 10.9 Å². The largest absolute Gasteiger partial charge is 0.493 e. The van der Waals surface area contributed by atoms with Gasteiger partial charge in [-0.05, 0) is 52.2 Å². The van der Waals surface area contributed by atoms with E-state index in [4.69, 9.17) is 28.1 Å². The molecule has 2 aromatic rings. The van der Waals surface area contributed by atoms with Gasteiger partial charge in [-0.3, -0.25) is 9.69 Å². The Bertz CT molecular complexity index is 1030. The van der Waals surface area contributed by atoms with Crippen LogP contribution in [0.5, 0.6) is 11.5 Å². The van der Waals surface area contributed by atoms with Crippen LogP contribution in [0.25, 0.3) is 6.08 Å². The Morgan fingerprint density at radius 2 is 2.03 bits per heavy atom. The highest BCUT2D eigenvalue weighted by Crippen LogP contribution is 2.39. The molecule has 1 amide bonds. The lowest BCUT2D eigenvalue weighted by Gasteiger charge is -2.14. The van der Waals surface area contributed by atoms with Crippen LogP contribution >= 0.6 is 39.9 Å². The van der Waals surface area contributed by atoms with E-state index in [0.717, 1.165) is 11.1 Å². The summed E-state index contributed by atoms with van der Waals surface area (Å²) in [7, 11) is 1.55. The minimum atomic E-state index is -0.108. The monoisotopic (exact) mass is 487 g/mol. The van der Waals surface area contributed by atoms with E-state index in [0.29, 0.717) is 31.7 Å². The lowest BCUT2D eigenvalue weighted by Crippen LogP contribution is -2.27. The smallest absolute Gasteiger partial charge is 0.266 e. The summed E-state index contributed by atoms with van der Waals surface area (Å²) < 4.78 is 12.2. The third kappa shape index (κ3) is 5.02. The summed E-state index contributed by atoms with van der Waals surface area (Å²) in [6.45, 7) is 2.61. The molecular weight excluding hydrogens is 470 g/mol. The van der Waals surface area contributed by atoms with Crippen LogP contribution < -0.4 is 9.47 Å².